The fraction of sp³-hybridized carbons (Fsp3) is 0.0909. The van der Waals surface area contributed by atoms with Crippen LogP contribution in [0.15, 0.2) is 40.6 Å². The van der Waals surface area contributed by atoms with Crippen LogP contribution in [0.3, 0.4) is 0 Å². The summed E-state index contributed by atoms with van der Waals surface area (Å²) in [6.45, 7) is 0. The second kappa shape index (κ2) is 4.79. The van der Waals surface area contributed by atoms with Gasteiger partial charge in [0.1, 0.15) is 9.96 Å². The number of phenols is 1. The molecule has 1 aromatic carbocycles. The molecule has 0 atom stereocenters. The molecule has 0 amide bonds. The molecule has 7 heteroatoms. The van der Waals surface area contributed by atoms with Gasteiger partial charge in [-0.15, -0.1) is 11.3 Å². The number of rotatable bonds is 3. The standard InChI is InChI=1S/C11H10ClNO3S2/c1-13(8-2-4-9(14)5-3-8)18(15,16)11-7-6-10(12)17-11/h2-7,14H,1H3. The van der Waals surface area contributed by atoms with Crippen molar-refractivity contribution in [1.82, 2.24) is 0 Å². The summed E-state index contributed by atoms with van der Waals surface area (Å²) in [5, 5.41) is 9.18. The van der Waals surface area contributed by atoms with Crippen LogP contribution in [0.4, 0.5) is 5.69 Å². The van der Waals surface area contributed by atoms with Crippen molar-refractivity contribution in [3.8, 4) is 5.75 Å². The van der Waals surface area contributed by atoms with Gasteiger partial charge in [0.2, 0.25) is 0 Å². The Morgan fingerprint density at radius 3 is 2.28 bits per heavy atom. The van der Waals surface area contributed by atoms with Gasteiger partial charge in [-0.1, -0.05) is 11.6 Å². The zero-order valence-electron chi connectivity index (χ0n) is 9.37. The molecule has 18 heavy (non-hydrogen) atoms. The first kappa shape index (κ1) is 13.2. The molecule has 0 unspecified atom stereocenters. The summed E-state index contributed by atoms with van der Waals surface area (Å²) < 4.78 is 26.2. The minimum absolute atomic E-state index is 0.0868. The van der Waals surface area contributed by atoms with E-state index in [1.165, 1.54) is 37.4 Å². The summed E-state index contributed by atoms with van der Waals surface area (Å²) in [5.74, 6) is 0.0868. The molecule has 0 bridgehead atoms. The molecule has 1 aromatic heterocycles. The van der Waals surface area contributed by atoms with Crippen LogP contribution in [0.25, 0.3) is 0 Å². The van der Waals surface area contributed by atoms with Gasteiger partial charge < -0.3 is 5.11 Å². The number of hydrogen-bond acceptors (Lipinski definition) is 4. The third-order valence-corrected chi connectivity index (χ3v) is 5.86. The third-order valence-electron chi connectivity index (χ3n) is 2.38. The van der Waals surface area contributed by atoms with Crippen molar-refractivity contribution in [3.63, 3.8) is 0 Å². The van der Waals surface area contributed by atoms with Gasteiger partial charge in [-0.2, -0.15) is 0 Å². The minimum Gasteiger partial charge on any atom is -0.508 e. The lowest BCUT2D eigenvalue weighted by Gasteiger charge is -2.18. The predicted molar refractivity (Wildman–Crippen MR) is 73.0 cm³/mol. The maximum Gasteiger partial charge on any atom is 0.273 e. The number of aromatic hydroxyl groups is 1. The van der Waals surface area contributed by atoms with Crippen molar-refractivity contribution in [2.24, 2.45) is 0 Å². The normalized spacial score (nSPS) is 11.4. The van der Waals surface area contributed by atoms with Crippen molar-refractivity contribution in [1.29, 1.82) is 0 Å². The molecule has 0 saturated carbocycles. The topological polar surface area (TPSA) is 57.6 Å². The first-order valence-corrected chi connectivity index (χ1v) is 7.58. The van der Waals surface area contributed by atoms with E-state index in [-0.39, 0.29) is 9.96 Å². The highest BCUT2D eigenvalue weighted by Gasteiger charge is 2.23. The Hall–Kier alpha value is -1.24. The zero-order chi connectivity index (χ0) is 13.3. The molecular weight excluding hydrogens is 294 g/mol. The first-order chi connectivity index (χ1) is 8.41. The molecule has 0 saturated heterocycles. The number of sulfonamides is 1. The largest absolute Gasteiger partial charge is 0.508 e. The van der Waals surface area contributed by atoms with Crippen LogP contribution in [-0.2, 0) is 10.0 Å². The minimum atomic E-state index is -3.60. The van der Waals surface area contributed by atoms with Gasteiger partial charge in [0, 0.05) is 7.05 Å². The average molecular weight is 304 g/mol. The molecule has 2 aromatic rings. The fourth-order valence-electron chi connectivity index (χ4n) is 1.37. The van der Waals surface area contributed by atoms with Crippen LogP contribution in [0, 0.1) is 0 Å². The number of halogens is 1. The van der Waals surface area contributed by atoms with Crippen molar-refractivity contribution >= 4 is 38.6 Å². The van der Waals surface area contributed by atoms with E-state index < -0.39 is 10.0 Å². The van der Waals surface area contributed by atoms with Gasteiger partial charge >= 0.3 is 0 Å². The molecule has 0 aliphatic carbocycles. The van der Waals surface area contributed by atoms with Crippen molar-refractivity contribution in [3.05, 3.63) is 40.7 Å². The lowest BCUT2D eigenvalue weighted by molar-refractivity contribution is 0.475. The van der Waals surface area contributed by atoms with E-state index >= 15 is 0 Å². The quantitative estimate of drug-likeness (QED) is 0.948. The van der Waals surface area contributed by atoms with Gasteiger partial charge in [-0.05, 0) is 36.4 Å². The molecule has 0 radical (unpaired) electrons. The number of phenolic OH excluding ortho intramolecular Hbond substituents is 1. The molecule has 0 fully saturated rings. The van der Waals surface area contributed by atoms with E-state index in [9.17, 15) is 13.5 Å². The summed E-state index contributed by atoms with van der Waals surface area (Å²) in [4.78, 5) is 0. The Morgan fingerprint density at radius 2 is 1.78 bits per heavy atom. The Bertz CT molecular complexity index is 649. The molecule has 4 nitrogen and oxygen atoms in total. The SMILES string of the molecule is CN(c1ccc(O)cc1)S(=O)(=O)c1ccc(Cl)s1. The van der Waals surface area contributed by atoms with Crippen LogP contribution in [-0.4, -0.2) is 20.6 Å². The molecular formula is C11H10ClNO3S2. The Labute approximate surface area is 114 Å². The maximum atomic E-state index is 12.2. The van der Waals surface area contributed by atoms with E-state index in [1.807, 2.05) is 0 Å². The Kier molecular flexibility index (Phi) is 3.52. The summed E-state index contributed by atoms with van der Waals surface area (Å²) in [6, 6.07) is 8.94. The maximum absolute atomic E-state index is 12.2. The summed E-state index contributed by atoms with van der Waals surface area (Å²) in [7, 11) is -2.14. The summed E-state index contributed by atoms with van der Waals surface area (Å²) in [6.07, 6.45) is 0. The Morgan fingerprint density at radius 1 is 1.17 bits per heavy atom. The van der Waals surface area contributed by atoms with Crippen molar-refractivity contribution in [2.75, 3.05) is 11.4 Å². The van der Waals surface area contributed by atoms with Crippen LogP contribution in [0.5, 0.6) is 5.75 Å². The second-order valence-corrected chi connectivity index (χ2v) is 7.46. The highest BCUT2D eigenvalue weighted by molar-refractivity contribution is 7.94. The first-order valence-electron chi connectivity index (χ1n) is 4.94. The van der Waals surface area contributed by atoms with E-state index in [1.54, 1.807) is 6.07 Å². The molecule has 2 rings (SSSR count). The molecule has 96 valence electrons. The van der Waals surface area contributed by atoms with Gasteiger partial charge in [0.15, 0.2) is 0 Å². The molecule has 1 heterocycles. The molecule has 1 N–H and O–H groups in total. The van der Waals surface area contributed by atoms with Crippen molar-refractivity contribution in [2.45, 2.75) is 4.21 Å². The van der Waals surface area contributed by atoms with E-state index in [0.717, 1.165) is 15.6 Å². The monoisotopic (exact) mass is 303 g/mol. The van der Waals surface area contributed by atoms with Gasteiger partial charge in [-0.3, -0.25) is 4.31 Å². The highest BCUT2D eigenvalue weighted by atomic mass is 35.5. The van der Waals surface area contributed by atoms with Gasteiger partial charge in [-0.25, -0.2) is 8.42 Å². The number of nitrogens with zero attached hydrogens (tertiary/aromatic N) is 1. The second-order valence-electron chi connectivity index (χ2n) is 3.55. The van der Waals surface area contributed by atoms with Gasteiger partial charge in [0.05, 0.1) is 10.0 Å². The highest BCUT2D eigenvalue weighted by Crippen LogP contribution is 2.30. The number of thiophene rings is 1. The van der Waals surface area contributed by atoms with E-state index in [4.69, 9.17) is 11.6 Å². The fourth-order valence-corrected chi connectivity index (χ4v) is 4.22. The Balaban J connectivity index is 2.39. The third kappa shape index (κ3) is 2.45. The van der Waals surface area contributed by atoms with E-state index in [0.29, 0.717) is 10.0 Å². The van der Waals surface area contributed by atoms with Crippen LogP contribution >= 0.6 is 22.9 Å². The van der Waals surface area contributed by atoms with Crippen LogP contribution < -0.4 is 4.31 Å². The lowest BCUT2D eigenvalue weighted by Crippen LogP contribution is -2.25. The van der Waals surface area contributed by atoms with Gasteiger partial charge in [0.25, 0.3) is 10.0 Å². The zero-order valence-corrected chi connectivity index (χ0v) is 11.8. The number of benzene rings is 1. The molecule has 0 spiro atoms. The number of hydrogen-bond donors (Lipinski definition) is 1. The average Bonchev–Trinajstić information content (AvgIpc) is 2.76. The predicted octanol–water partition coefficient (Wildman–Crippen LogP) is 2.93. The van der Waals surface area contributed by atoms with Crippen LogP contribution in [0.2, 0.25) is 4.34 Å². The summed E-state index contributed by atoms with van der Waals surface area (Å²) >= 11 is 6.75. The summed E-state index contributed by atoms with van der Waals surface area (Å²) in [5.41, 5.74) is 0.470. The lowest BCUT2D eigenvalue weighted by atomic mass is 10.3. The molecule has 0 aliphatic rings. The smallest absolute Gasteiger partial charge is 0.273 e. The van der Waals surface area contributed by atoms with E-state index in [2.05, 4.69) is 0 Å². The number of anilines is 1. The van der Waals surface area contributed by atoms with Crippen molar-refractivity contribution < 1.29 is 13.5 Å². The van der Waals surface area contributed by atoms with Crippen LogP contribution in [0.1, 0.15) is 0 Å². The molecule has 0 aliphatic heterocycles.